The van der Waals surface area contributed by atoms with E-state index >= 15 is 0 Å². The predicted octanol–water partition coefficient (Wildman–Crippen LogP) is 2.29. The second-order valence-electron chi connectivity index (χ2n) is 5.57. The zero-order chi connectivity index (χ0) is 14.7. The maximum atomic E-state index is 12.2. The number of nitrogens with zero attached hydrogens (tertiary/aromatic N) is 2. The van der Waals surface area contributed by atoms with Crippen molar-refractivity contribution in [3.05, 3.63) is 22.7 Å². The van der Waals surface area contributed by atoms with Gasteiger partial charge in [0.15, 0.2) is 0 Å². The standard InChI is InChI=1S/C14H20ClN3O2/c1-8(2)13-16-7-11(15)12(18-13)14(20)17-9-4-3-5-10(19)6-9/h7-10,19H,3-6H2,1-2H3,(H,17,20). The highest BCUT2D eigenvalue weighted by Crippen LogP contribution is 2.20. The number of carbonyl (C=O) groups excluding carboxylic acids is 1. The Bertz CT molecular complexity index is 493. The van der Waals surface area contributed by atoms with Gasteiger partial charge < -0.3 is 10.4 Å². The highest BCUT2D eigenvalue weighted by atomic mass is 35.5. The number of aliphatic hydroxyl groups is 1. The lowest BCUT2D eigenvalue weighted by atomic mass is 9.93. The molecule has 2 rings (SSSR count). The molecule has 1 aliphatic rings. The topological polar surface area (TPSA) is 75.1 Å². The van der Waals surface area contributed by atoms with E-state index in [1.54, 1.807) is 0 Å². The molecule has 2 atom stereocenters. The lowest BCUT2D eigenvalue weighted by Crippen LogP contribution is -2.40. The second-order valence-corrected chi connectivity index (χ2v) is 5.98. The van der Waals surface area contributed by atoms with E-state index in [1.165, 1.54) is 6.20 Å². The van der Waals surface area contributed by atoms with Crippen molar-refractivity contribution in [1.82, 2.24) is 15.3 Å². The van der Waals surface area contributed by atoms with Crippen LogP contribution in [0.5, 0.6) is 0 Å². The number of nitrogens with one attached hydrogen (secondary N) is 1. The van der Waals surface area contributed by atoms with Crippen molar-refractivity contribution in [2.75, 3.05) is 0 Å². The first-order chi connectivity index (χ1) is 9.47. The average molecular weight is 298 g/mol. The number of carbonyl (C=O) groups is 1. The number of halogens is 1. The van der Waals surface area contributed by atoms with Gasteiger partial charge in [-0.15, -0.1) is 0 Å². The Hall–Kier alpha value is -1.20. The van der Waals surface area contributed by atoms with Gasteiger partial charge in [0.05, 0.1) is 17.3 Å². The minimum Gasteiger partial charge on any atom is -0.393 e. The van der Waals surface area contributed by atoms with E-state index in [1.807, 2.05) is 13.8 Å². The van der Waals surface area contributed by atoms with Gasteiger partial charge in [-0.1, -0.05) is 25.4 Å². The molecule has 0 spiro atoms. The SMILES string of the molecule is CC(C)c1ncc(Cl)c(C(=O)NC2CCCC(O)C2)n1. The van der Waals surface area contributed by atoms with Gasteiger partial charge in [-0.05, 0) is 25.7 Å². The molecule has 1 aromatic rings. The van der Waals surface area contributed by atoms with E-state index < -0.39 is 0 Å². The molecule has 0 saturated heterocycles. The van der Waals surface area contributed by atoms with E-state index in [0.717, 1.165) is 19.3 Å². The van der Waals surface area contributed by atoms with Crippen molar-refractivity contribution in [1.29, 1.82) is 0 Å². The highest BCUT2D eigenvalue weighted by Gasteiger charge is 2.24. The Balaban J connectivity index is 2.10. The van der Waals surface area contributed by atoms with Gasteiger partial charge in [-0.2, -0.15) is 0 Å². The van der Waals surface area contributed by atoms with E-state index in [4.69, 9.17) is 11.6 Å². The number of hydrogen-bond acceptors (Lipinski definition) is 4. The molecule has 0 aromatic carbocycles. The summed E-state index contributed by atoms with van der Waals surface area (Å²) < 4.78 is 0. The number of aliphatic hydroxyl groups excluding tert-OH is 1. The summed E-state index contributed by atoms with van der Waals surface area (Å²) in [4.78, 5) is 20.6. The predicted molar refractivity (Wildman–Crippen MR) is 76.9 cm³/mol. The molecule has 1 aromatic heterocycles. The first-order valence-corrected chi connectivity index (χ1v) is 7.36. The van der Waals surface area contributed by atoms with Gasteiger partial charge in [0.2, 0.25) is 0 Å². The first kappa shape index (κ1) is 15.2. The van der Waals surface area contributed by atoms with Crippen molar-refractivity contribution in [2.45, 2.75) is 57.6 Å². The molecule has 0 bridgehead atoms. The molecule has 1 saturated carbocycles. The van der Waals surface area contributed by atoms with Crippen LogP contribution in [0.4, 0.5) is 0 Å². The summed E-state index contributed by atoms with van der Waals surface area (Å²) in [5.41, 5.74) is 0.213. The zero-order valence-corrected chi connectivity index (χ0v) is 12.5. The maximum Gasteiger partial charge on any atom is 0.271 e. The van der Waals surface area contributed by atoms with Crippen LogP contribution in [0.1, 0.15) is 61.8 Å². The molecule has 6 heteroatoms. The largest absolute Gasteiger partial charge is 0.393 e. The van der Waals surface area contributed by atoms with Crippen molar-refractivity contribution >= 4 is 17.5 Å². The molecule has 1 aliphatic carbocycles. The summed E-state index contributed by atoms with van der Waals surface area (Å²) in [6.07, 6.45) is 4.32. The molecule has 0 radical (unpaired) electrons. The van der Waals surface area contributed by atoms with Gasteiger partial charge in [-0.25, -0.2) is 9.97 Å². The highest BCUT2D eigenvalue weighted by molar-refractivity contribution is 6.33. The fraction of sp³-hybridized carbons (Fsp3) is 0.643. The summed E-state index contributed by atoms with van der Waals surface area (Å²) in [7, 11) is 0. The van der Waals surface area contributed by atoms with Crippen molar-refractivity contribution in [3.8, 4) is 0 Å². The van der Waals surface area contributed by atoms with Crippen LogP contribution < -0.4 is 5.32 Å². The van der Waals surface area contributed by atoms with E-state index in [-0.39, 0.29) is 34.7 Å². The lowest BCUT2D eigenvalue weighted by molar-refractivity contribution is 0.0845. The summed E-state index contributed by atoms with van der Waals surface area (Å²) in [5.74, 6) is 0.442. The molecule has 20 heavy (non-hydrogen) atoms. The third-order valence-electron chi connectivity index (χ3n) is 3.48. The maximum absolute atomic E-state index is 12.2. The number of hydrogen-bond donors (Lipinski definition) is 2. The molecule has 1 fully saturated rings. The Kier molecular flexibility index (Phi) is 4.94. The summed E-state index contributed by atoms with van der Waals surface area (Å²) in [6.45, 7) is 3.92. The molecular formula is C14H20ClN3O2. The molecule has 2 N–H and O–H groups in total. The van der Waals surface area contributed by atoms with Gasteiger partial charge in [0.25, 0.3) is 5.91 Å². The smallest absolute Gasteiger partial charge is 0.271 e. The van der Waals surface area contributed by atoms with Gasteiger partial charge in [0.1, 0.15) is 11.5 Å². The van der Waals surface area contributed by atoms with Crippen LogP contribution in [0.15, 0.2) is 6.20 Å². The Labute approximate surface area is 123 Å². The quantitative estimate of drug-likeness (QED) is 0.897. The van der Waals surface area contributed by atoms with Crippen LogP contribution in [0, 0.1) is 0 Å². The number of aromatic nitrogens is 2. The lowest BCUT2D eigenvalue weighted by Gasteiger charge is -2.26. The minimum absolute atomic E-state index is 0.0141. The van der Waals surface area contributed by atoms with Crippen molar-refractivity contribution in [2.24, 2.45) is 0 Å². The van der Waals surface area contributed by atoms with E-state index in [0.29, 0.717) is 12.2 Å². The Morgan fingerprint density at radius 2 is 2.25 bits per heavy atom. The van der Waals surface area contributed by atoms with Gasteiger partial charge in [-0.3, -0.25) is 4.79 Å². The fourth-order valence-corrected chi connectivity index (χ4v) is 2.54. The third kappa shape index (κ3) is 3.67. The molecule has 1 heterocycles. The summed E-state index contributed by atoms with van der Waals surface area (Å²) >= 11 is 6.01. The van der Waals surface area contributed by atoms with Crippen LogP contribution in [0.25, 0.3) is 0 Å². The third-order valence-corrected chi connectivity index (χ3v) is 3.75. The zero-order valence-electron chi connectivity index (χ0n) is 11.8. The van der Waals surface area contributed by atoms with Crippen molar-refractivity contribution < 1.29 is 9.90 Å². The molecular weight excluding hydrogens is 278 g/mol. The average Bonchev–Trinajstić information content (AvgIpc) is 2.38. The van der Waals surface area contributed by atoms with Crippen molar-refractivity contribution in [3.63, 3.8) is 0 Å². The van der Waals surface area contributed by atoms with Gasteiger partial charge >= 0.3 is 0 Å². The van der Waals surface area contributed by atoms with Crippen LogP contribution in [-0.2, 0) is 0 Å². The monoisotopic (exact) mass is 297 g/mol. The van der Waals surface area contributed by atoms with Gasteiger partial charge in [0, 0.05) is 12.0 Å². The van der Waals surface area contributed by atoms with Crippen LogP contribution in [0.2, 0.25) is 5.02 Å². The minimum atomic E-state index is -0.332. The van der Waals surface area contributed by atoms with Crippen LogP contribution in [0.3, 0.4) is 0 Å². The number of amides is 1. The molecule has 1 amide bonds. The summed E-state index contributed by atoms with van der Waals surface area (Å²) in [5, 5.41) is 12.8. The van der Waals surface area contributed by atoms with E-state index in [2.05, 4.69) is 15.3 Å². The normalized spacial score (nSPS) is 22.9. The summed E-state index contributed by atoms with van der Waals surface area (Å²) in [6, 6.07) is -0.0141. The number of rotatable bonds is 3. The van der Waals surface area contributed by atoms with Crippen LogP contribution >= 0.6 is 11.6 Å². The molecule has 5 nitrogen and oxygen atoms in total. The first-order valence-electron chi connectivity index (χ1n) is 6.98. The second kappa shape index (κ2) is 6.50. The Morgan fingerprint density at radius 3 is 2.90 bits per heavy atom. The molecule has 0 aliphatic heterocycles. The molecule has 110 valence electrons. The van der Waals surface area contributed by atoms with Crippen LogP contribution in [-0.4, -0.2) is 33.1 Å². The molecule has 2 unspecified atom stereocenters. The Morgan fingerprint density at radius 1 is 1.50 bits per heavy atom. The fourth-order valence-electron chi connectivity index (χ4n) is 2.37. The van der Waals surface area contributed by atoms with E-state index in [9.17, 15) is 9.90 Å².